The SMILES string of the molecule is CC1(c2ccc(N3CCCCC3)cc2)NC(=O)C(C(=O)Nc2ccc(C3CCCCC3)cc2)=C1O. The molecule has 3 N–H and O–H groups in total. The molecule has 184 valence electrons. The monoisotopic (exact) mass is 473 g/mol. The number of nitrogens with zero attached hydrogens (tertiary/aromatic N) is 1. The van der Waals surface area contributed by atoms with E-state index in [1.54, 1.807) is 6.92 Å². The number of nitrogens with one attached hydrogen (secondary N) is 2. The van der Waals surface area contributed by atoms with Gasteiger partial charge in [-0.3, -0.25) is 9.59 Å². The molecule has 2 aromatic carbocycles. The zero-order valence-electron chi connectivity index (χ0n) is 20.5. The fraction of sp³-hybridized carbons (Fsp3) is 0.448. The number of rotatable bonds is 5. The van der Waals surface area contributed by atoms with Crippen molar-refractivity contribution in [2.24, 2.45) is 0 Å². The first-order valence-corrected chi connectivity index (χ1v) is 13.0. The quantitative estimate of drug-likeness (QED) is 0.500. The van der Waals surface area contributed by atoms with E-state index in [1.165, 1.54) is 56.9 Å². The smallest absolute Gasteiger partial charge is 0.264 e. The van der Waals surface area contributed by atoms with E-state index >= 15 is 0 Å². The summed E-state index contributed by atoms with van der Waals surface area (Å²) >= 11 is 0. The molecule has 1 saturated heterocycles. The van der Waals surface area contributed by atoms with Crippen LogP contribution in [0.4, 0.5) is 11.4 Å². The fourth-order valence-electron chi connectivity index (χ4n) is 5.75. The molecule has 2 aliphatic heterocycles. The number of benzene rings is 2. The summed E-state index contributed by atoms with van der Waals surface area (Å²) < 4.78 is 0. The lowest BCUT2D eigenvalue weighted by Gasteiger charge is -2.30. The Morgan fingerprint density at radius 3 is 2.23 bits per heavy atom. The molecule has 5 rings (SSSR count). The second-order valence-corrected chi connectivity index (χ2v) is 10.3. The summed E-state index contributed by atoms with van der Waals surface area (Å²) in [5.41, 5.74) is 2.41. The van der Waals surface area contributed by atoms with Crippen molar-refractivity contribution in [3.8, 4) is 0 Å². The Balaban J connectivity index is 1.31. The minimum absolute atomic E-state index is 0.232. The number of amides is 2. The van der Waals surface area contributed by atoms with Gasteiger partial charge in [0.2, 0.25) is 0 Å². The van der Waals surface area contributed by atoms with Crippen molar-refractivity contribution < 1.29 is 14.7 Å². The minimum Gasteiger partial charge on any atom is -0.508 e. The van der Waals surface area contributed by atoms with Gasteiger partial charge in [0.05, 0.1) is 0 Å². The zero-order chi connectivity index (χ0) is 24.4. The average molecular weight is 474 g/mol. The topological polar surface area (TPSA) is 81.7 Å². The molecule has 1 unspecified atom stereocenters. The summed E-state index contributed by atoms with van der Waals surface area (Å²) in [4.78, 5) is 28.1. The van der Waals surface area contributed by atoms with Crippen LogP contribution in [0.5, 0.6) is 0 Å². The maximum absolute atomic E-state index is 13.0. The molecule has 2 heterocycles. The van der Waals surface area contributed by atoms with Gasteiger partial charge in [0.15, 0.2) is 0 Å². The van der Waals surface area contributed by atoms with Crippen molar-refractivity contribution in [1.29, 1.82) is 0 Å². The molecule has 0 aromatic heterocycles. The molecule has 1 saturated carbocycles. The number of anilines is 2. The molecule has 3 aliphatic rings. The van der Waals surface area contributed by atoms with Gasteiger partial charge in [0.1, 0.15) is 16.9 Å². The highest BCUT2D eigenvalue weighted by Gasteiger charge is 2.45. The molecule has 0 radical (unpaired) electrons. The largest absolute Gasteiger partial charge is 0.508 e. The van der Waals surface area contributed by atoms with Crippen molar-refractivity contribution in [3.63, 3.8) is 0 Å². The predicted octanol–water partition coefficient (Wildman–Crippen LogP) is 5.52. The van der Waals surface area contributed by atoms with Crippen LogP contribution in [0.15, 0.2) is 59.9 Å². The third-order valence-corrected chi connectivity index (χ3v) is 7.94. The average Bonchev–Trinajstić information content (AvgIpc) is 3.14. The molecule has 1 aliphatic carbocycles. The Hall–Kier alpha value is -3.28. The van der Waals surface area contributed by atoms with E-state index in [-0.39, 0.29) is 11.3 Å². The molecule has 2 aromatic rings. The van der Waals surface area contributed by atoms with Crippen LogP contribution < -0.4 is 15.5 Å². The molecule has 1 atom stereocenters. The number of aliphatic hydroxyl groups is 1. The highest BCUT2D eigenvalue weighted by Crippen LogP contribution is 2.37. The molecule has 0 spiro atoms. The maximum Gasteiger partial charge on any atom is 0.264 e. The van der Waals surface area contributed by atoms with Gasteiger partial charge in [-0.25, -0.2) is 0 Å². The first-order valence-electron chi connectivity index (χ1n) is 13.0. The number of hydrogen-bond donors (Lipinski definition) is 3. The van der Waals surface area contributed by atoms with E-state index in [9.17, 15) is 14.7 Å². The summed E-state index contributed by atoms with van der Waals surface area (Å²) in [6, 6.07) is 15.8. The summed E-state index contributed by atoms with van der Waals surface area (Å²) in [6.07, 6.45) is 9.94. The third kappa shape index (κ3) is 4.66. The van der Waals surface area contributed by atoms with Gasteiger partial charge >= 0.3 is 0 Å². The van der Waals surface area contributed by atoms with E-state index in [2.05, 4.69) is 27.7 Å². The van der Waals surface area contributed by atoms with Crippen molar-refractivity contribution in [2.45, 2.75) is 69.7 Å². The van der Waals surface area contributed by atoms with Crippen molar-refractivity contribution in [1.82, 2.24) is 5.32 Å². The molecule has 35 heavy (non-hydrogen) atoms. The molecular formula is C29H35N3O3. The number of carbonyl (C=O) groups excluding carboxylic acids is 2. The fourth-order valence-corrected chi connectivity index (χ4v) is 5.75. The number of carbonyl (C=O) groups is 2. The van der Waals surface area contributed by atoms with E-state index < -0.39 is 17.4 Å². The van der Waals surface area contributed by atoms with Crippen LogP contribution in [0, 0.1) is 0 Å². The van der Waals surface area contributed by atoms with Crippen LogP contribution in [0.2, 0.25) is 0 Å². The van der Waals surface area contributed by atoms with Crippen LogP contribution in [-0.2, 0) is 15.1 Å². The minimum atomic E-state index is -1.14. The number of hydrogen-bond acceptors (Lipinski definition) is 4. The molecule has 6 heteroatoms. The third-order valence-electron chi connectivity index (χ3n) is 7.94. The predicted molar refractivity (Wildman–Crippen MR) is 139 cm³/mol. The molecule has 0 bridgehead atoms. The van der Waals surface area contributed by atoms with Crippen molar-refractivity contribution >= 4 is 23.2 Å². The van der Waals surface area contributed by atoms with Crippen LogP contribution in [0.3, 0.4) is 0 Å². The summed E-state index contributed by atoms with van der Waals surface area (Å²) in [5.74, 6) is -0.826. The Kier molecular flexibility index (Phi) is 6.54. The van der Waals surface area contributed by atoms with Crippen LogP contribution in [-0.4, -0.2) is 30.0 Å². The normalized spacial score (nSPS) is 23.3. The first-order chi connectivity index (χ1) is 17.0. The standard InChI is InChI=1S/C29H35N3O3/c1-29(22-12-16-24(17-13-22)32-18-6-3-7-19-32)26(33)25(28(35)31-29)27(34)30-23-14-10-21(11-15-23)20-8-4-2-5-9-20/h10-17,20,33H,2-9,18-19H2,1H3,(H,30,34)(H,31,35). The summed E-state index contributed by atoms with van der Waals surface area (Å²) in [5, 5.41) is 16.7. The second-order valence-electron chi connectivity index (χ2n) is 10.3. The number of piperidine rings is 1. The highest BCUT2D eigenvalue weighted by atomic mass is 16.3. The second kappa shape index (κ2) is 9.76. The molecule has 2 amide bonds. The summed E-state index contributed by atoms with van der Waals surface area (Å²) in [7, 11) is 0. The zero-order valence-corrected chi connectivity index (χ0v) is 20.5. The van der Waals surface area contributed by atoms with Crippen molar-refractivity contribution in [3.05, 3.63) is 71.0 Å². The Morgan fingerprint density at radius 1 is 0.943 bits per heavy atom. The lowest BCUT2D eigenvalue weighted by atomic mass is 9.84. The molecular weight excluding hydrogens is 438 g/mol. The first kappa shape index (κ1) is 23.5. The Morgan fingerprint density at radius 2 is 1.57 bits per heavy atom. The van der Waals surface area contributed by atoms with E-state index in [1.807, 2.05) is 36.4 Å². The Labute approximate surface area is 207 Å². The van der Waals surface area contributed by atoms with Gasteiger partial charge in [-0.05, 0) is 80.3 Å². The van der Waals surface area contributed by atoms with E-state index in [4.69, 9.17) is 0 Å². The van der Waals surface area contributed by atoms with Gasteiger partial charge in [-0.15, -0.1) is 0 Å². The lowest BCUT2D eigenvalue weighted by Crippen LogP contribution is -2.39. The van der Waals surface area contributed by atoms with Crippen LogP contribution in [0.1, 0.15) is 75.3 Å². The van der Waals surface area contributed by atoms with Gasteiger partial charge in [0, 0.05) is 24.5 Å². The molecule has 6 nitrogen and oxygen atoms in total. The van der Waals surface area contributed by atoms with E-state index in [0.717, 1.165) is 24.3 Å². The van der Waals surface area contributed by atoms with E-state index in [0.29, 0.717) is 11.6 Å². The van der Waals surface area contributed by atoms with Gasteiger partial charge < -0.3 is 20.6 Å². The van der Waals surface area contributed by atoms with Gasteiger partial charge in [0.25, 0.3) is 11.8 Å². The lowest BCUT2D eigenvalue weighted by molar-refractivity contribution is -0.121. The van der Waals surface area contributed by atoms with Gasteiger partial charge in [-0.2, -0.15) is 0 Å². The maximum atomic E-state index is 13.0. The van der Waals surface area contributed by atoms with Crippen molar-refractivity contribution in [2.75, 3.05) is 23.3 Å². The van der Waals surface area contributed by atoms with Crippen LogP contribution >= 0.6 is 0 Å². The van der Waals surface area contributed by atoms with Gasteiger partial charge in [-0.1, -0.05) is 43.5 Å². The molecule has 2 fully saturated rings. The summed E-state index contributed by atoms with van der Waals surface area (Å²) in [6.45, 7) is 3.82. The van der Waals surface area contributed by atoms with Crippen LogP contribution in [0.25, 0.3) is 0 Å². The number of aliphatic hydroxyl groups excluding tert-OH is 1. The highest BCUT2D eigenvalue weighted by molar-refractivity contribution is 6.24. The Bertz CT molecular complexity index is 1110.